The molecule has 1 fully saturated rings. The molecule has 184 valence electrons. The fourth-order valence-corrected chi connectivity index (χ4v) is 4.39. The molecule has 1 aromatic heterocycles. The van der Waals surface area contributed by atoms with E-state index in [-0.39, 0.29) is 23.8 Å². The monoisotopic (exact) mass is 485 g/mol. The zero-order chi connectivity index (χ0) is 25.0. The summed E-state index contributed by atoms with van der Waals surface area (Å²) in [5.74, 6) is -2.25. The van der Waals surface area contributed by atoms with Gasteiger partial charge in [0.25, 0.3) is 0 Å². The smallest absolute Gasteiger partial charge is 0.248 e. The summed E-state index contributed by atoms with van der Waals surface area (Å²) in [5.41, 5.74) is -0.311. The van der Waals surface area contributed by atoms with E-state index in [0.717, 1.165) is 17.7 Å². The number of rotatable bonds is 7. The number of aromatic nitrogens is 3. The van der Waals surface area contributed by atoms with Gasteiger partial charge in [-0.15, -0.1) is 0 Å². The van der Waals surface area contributed by atoms with Crippen LogP contribution >= 0.6 is 0 Å². The van der Waals surface area contributed by atoms with E-state index in [2.05, 4.69) is 15.4 Å². The summed E-state index contributed by atoms with van der Waals surface area (Å²) < 4.78 is 42.8. The standard InChI is InChI=1S/C25H26F3N5O2/c1-17(25(35,14-33-16-29-15-30-33)22-7-4-20(27)13-23(22)28)32-10-8-18(9-11-32)12-24(34)31-21-5-2-19(26)3-6-21/h2-7,12-13,15-17,35H,8-11,14H2,1H3,(H,31,34)/t17-,25-/m1/s1. The van der Waals surface area contributed by atoms with Crippen molar-refractivity contribution < 1.29 is 23.1 Å². The molecular weight excluding hydrogens is 459 g/mol. The third-order valence-electron chi connectivity index (χ3n) is 6.39. The molecule has 35 heavy (non-hydrogen) atoms. The van der Waals surface area contributed by atoms with Gasteiger partial charge < -0.3 is 10.4 Å². The Hall–Kier alpha value is -3.50. The van der Waals surface area contributed by atoms with Crippen molar-refractivity contribution in [2.75, 3.05) is 18.4 Å². The lowest BCUT2D eigenvalue weighted by molar-refractivity contribution is -0.112. The molecule has 10 heteroatoms. The first kappa shape index (κ1) is 24.6. The average Bonchev–Trinajstić information content (AvgIpc) is 3.33. The van der Waals surface area contributed by atoms with Crippen LogP contribution in [0.15, 0.2) is 66.8 Å². The number of anilines is 1. The molecule has 2 heterocycles. The largest absolute Gasteiger partial charge is 0.381 e. The molecule has 3 aromatic rings. The lowest BCUT2D eigenvalue weighted by atomic mass is 9.84. The molecule has 0 bridgehead atoms. The molecule has 0 unspecified atom stereocenters. The number of amides is 1. The van der Waals surface area contributed by atoms with Gasteiger partial charge in [-0.25, -0.2) is 22.8 Å². The zero-order valence-electron chi connectivity index (χ0n) is 19.2. The molecule has 0 aliphatic carbocycles. The number of hydrogen-bond donors (Lipinski definition) is 2. The predicted molar refractivity (Wildman–Crippen MR) is 124 cm³/mol. The van der Waals surface area contributed by atoms with Gasteiger partial charge in [-0.2, -0.15) is 5.10 Å². The first-order valence-electron chi connectivity index (χ1n) is 11.2. The van der Waals surface area contributed by atoms with Crippen molar-refractivity contribution in [1.82, 2.24) is 19.7 Å². The molecule has 0 spiro atoms. The van der Waals surface area contributed by atoms with E-state index in [1.54, 1.807) is 6.92 Å². The Kier molecular flexibility index (Phi) is 7.32. The number of nitrogens with one attached hydrogen (secondary N) is 1. The minimum Gasteiger partial charge on any atom is -0.381 e. The topological polar surface area (TPSA) is 83.3 Å². The summed E-state index contributed by atoms with van der Waals surface area (Å²) in [6.45, 7) is 2.77. The SMILES string of the molecule is C[C@@H](N1CCC(=CC(=O)Nc2ccc(F)cc2)CC1)[C@](O)(Cn1cncn1)c1ccc(F)cc1F. The van der Waals surface area contributed by atoms with Crippen LogP contribution in [0, 0.1) is 17.5 Å². The fourth-order valence-electron chi connectivity index (χ4n) is 4.39. The van der Waals surface area contributed by atoms with E-state index in [9.17, 15) is 23.1 Å². The Morgan fingerprint density at radius 3 is 2.46 bits per heavy atom. The van der Waals surface area contributed by atoms with Crippen LogP contribution in [0.4, 0.5) is 18.9 Å². The van der Waals surface area contributed by atoms with Crippen molar-refractivity contribution in [2.45, 2.75) is 38.0 Å². The van der Waals surface area contributed by atoms with E-state index in [1.807, 2.05) is 4.90 Å². The lowest BCUT2D eigenvalue weighted by Gasteiger charge is -2.43. The van der Waals surface area contributed by atoms with Crippen LogP contribution in [-0.4, -0.2) is 49.8 Å². The Morgan fingerprint density at radius 1 is 1.14 bits per heavy atom. The highest BCUT2D eigenvalue weighted by Crippen LogP contribution is 2.34. The van der Waals surface area contributed by atoms with Gasteiger partial charge in [0.15, 0.2) is 0 Å². The maximum Gasteiger partial charge on any atom is 0.248 e. The third-order valence-corrected chi connectivity index (χ3v) is 6.39. The van der Waals surface area contributed by atoms with Gasteiger partial charge in [0, 0.05) is 42.5 Å². The molecule has 1 aliphatic rings. The summed E-state index contributed by atoms with van der Waals surface area (Å²) >= 11 is 0. The summed E-state index contributed by atoms with van der Waals surface area (Å²) in [4.78, 5) is 18.2. The zero-order valence-corrected chi connectivity index (χ0v) is 19.2. The summed E-state index contributed by atoms with van der Waals surface area (Å²) in [5, 5.41) is 18.5. The molecule has 4 rings (SSSR count). The van der Waals surface area contributed by atoms with Crippen molar-refractivity contribution >= 4 is 11.6 Å². The van der Waals surface area contributed by atoms with Crippen LogP contribution in [-0.2, 0) is 16.9 Å². The van der Waals surface area contributed by atoms with Gasteiger partial charge in [0.1, 0.15) is 35.7 Å². The van der Waals surface area contributed by atoms with Gasteiger partial charge in [0.2, 0.25) is 5.91 Å². The summed E-state index contributed by atoms with van der Waals surface area (Å²) in [6.07, 6.45) is 5.43. The van der Waals surface area contributed by atoms with E-state index < -0.39 is 23.3 Å². The fraction of sp³-hybridized carbons (Fsp3) is 0.320. The number of likely N-dealkylation sites (tertiary alicyclic amines) is 1. The second-order valence-electron chi connectivity index (χ2n) is 8.65. The number of aliphatic hydroxyl groups is 1. The van der Waals surface area contributed by atoms with Gasteiger partial charge in [-0.3, -0.25) is 9.69 Å². The number of nitrogens with zero attached hydrogens (tertiary/aromatic N) is 4. The maximum atomic E-state index is 14.8. The third kappa shape index (κ3) is 5.77. The lowest BCUT2D eigenvalue weighted by Crippen LogP contribution is -2.53. The average molecular weight is 486 g/mol. The molecule has 1 saturated heterocycles. The maximum absolute atomic E-state index is 14.8. The van der Waals surface area contributed by atoms with E-state index in [1.165, 1.54) is 53.7 Å². The highest BCUT2D eigenvalue weighted by molar-refractivity contribution is 5.99. The molecule has 0 saturated carbocycles. The quantitative estimate of drug-likeness (QED) is 0.500. The van der Waals surface area contributed by atoms with Crippen molar-refractivity contribution in [2.24, 2.45) is 0 Å². The number of hydrogen-bond acceptors (Lipinski definition) is 5. The normalized spacial score (nSPS) is 17.0. The molecule has 2 N–H and O–H groups in total. The van der Waals surface area contributed by atoms with E-state index in [0.29, 0.717) is 31.6 Å². The van der Waals surface area contributed by atoms with Crippen LogP contribution < -0.4 is 5.32 Å². The van der Waals surface area contributed by atoms with Crippen LogP contribution in [0.1, 0.15) is 25.3 Å². The molecule has 1 amide bonds. The Morgan fingerprint density at radius 2 is 1.83 bits per heavy atom. The van der Waals surface area contributed by atoms with Crippen molar-refractivity contribution in [3.8, 4) is 0 Å². The van der Waals surface area contributed by atoms with E-state index >= 15 is 0 Å². The molecule has 0 radical (unpaired) electrons. The van der Waals surface area contributed by atoms with Crippen LogP contribution in [0.5, 0.6) is 0 Å². The minimum atomic E-state index is -1.72. The molecule has 2 aromatic carbocycles. The van der Waals surface area contributed by atoms with Crippen molar-refractivity contribution in [1.29, 1.82) is 0 Å². The van der Waals surface area contributed by atoms with Crippen LogP contribution in [0.25, 0.3) is 0 Å². The Labute approximate surface area is 200 Å². The molecule has 7 nitrogen and oxygen atoms in total. The molecule has 1 aliphatic heterocycles. The van der Waals surface area contributed by atoms with Gasteiger partial charge >= 0.3 is 0 Å². The number of benzene rings is 2. The van der Waals surface area contributed by atoms with Gasteiger partial charge in [0.05, 0.1) is 6.54 Å². The highest BCUT2D eigenvalue weighted by atomic mass is 19.1. The van der Waals surface area contributed by atoms with Crippen molar-refractivity contribution in [3.05, 3.63) is 89.8 Å². The van der Waals surface area contributed by atoms with Gasteiger partial charge in [-0.05, 0) is 50.1 Å². The number of piperidine rings is 1. The van der Waals surface area contributed by atoms with Crippen molar-refractivity contribution in [3.63, 3.8) is 0 Å². The second-order valence-corrected chi connectivity index (χ2v) is 8.65. The van der Waals surface area contributed by atoms with Crippen LogP contribution in [0.3, 0.4) is 0 Å². The van der Waals surface area contributed by atoms with Gasteiger partial charge in [-0.1, -0.05) is 11.6 Å². The number of halogens is 3. The molecule has 2 atom stereocenters. The molecular formula is C25H26F3N5O2. The first-order chi connectivity index (χ1) is 16.7. The minimum absolute atomic E-state index is 0.0260. The van der Waals surface area contributed by atoms with Crippen LogP contribution in [0.2, 0.25) is 0 Å². The second kappa shape index (κ2) is 10.4. The summed E-state index contributed by atoms with van der Waals surface area (Å²) in [6, 6.07) is 8.09. The number of carbonyl (C=O) groups is 1. The number of carbonyl (C=O) groups excluding carboxylic acids is 1. The first-order valence-corrected chi connectivity index (χ1v) is 11.2. The Balaban J connectivity index is 1.47. The highest BCUT2D eigenvalue weighted by Gasteiger charge is 2.42. The Bertz CT molecular complexity index is 1190. The van der Waals surface area contributed by atoms with E-state index in [4.69, 9.17) is 0 Å². The summed E-state index contributed by atoms with van der Waals surface area (Å²) in [7, 11) is 0. The predicted octanol–water partition coefficient (Wildman–Crippen LogP) is 3.63.